The number of rotatable bonds is 3. The van der Waals surface area contributed by atoms with Gasteiger partial charge in [-0.1, -0.05) is 37.3 Å². The topological polar surface area (TPSA) is 49.8 Å². The lowest BCUT2D eigenvalue weighted by Crippen LogP contribution is -2.33. The molecule has 2 heterocycles. The number of benzene rings is 2. The van der Waals surface area contributed by atoms with Crippen LogP contribution < -0.4 is 4.74 Å². The first-order chi connectivity index (χ1) is 12.6. The molecule has 2 aromatic rings. The zero-order valence-corrected chi connectivity index (χ0v) is 14.9. The van der Waals surface area contributed by atoms with Crippen LogP contribution in [-0.4, -0.2) is 28.9 Å². The normalized spacial score (nSPS) is 21.7. The van der Waals surface area contributed by atoms with Gasteiger partial charge in [-0.15, -0.1) is 0 Å². The molecule has 0 unspecified atom stereocenters. The maximum Gasteiger partial charge on any atom is 0.231 e. The summed E-state index contributed by atoms with van der Waals surface area (Å²) in [6.07, 6.45) is 4.16. The lowest BCUT2D eigenvalue weighted by atomic mass is 9.99. The van der Waals surface area contributed by atoms with Crippen LogP contribution >= 0.6 is 0 Å². The molecule has 0 amide bonds. The molecule has 1 N–H and O–H groups in total. The summed E-state index contributed by atoms with van der Waals surface area (Å²) in [5.41, 5.74) is 2.16. The Bertz CT molecular complexity index is 857. The Morgan fingerprint density at radius 1 is 1.23 bits per heavy atom. The highest BCUT2D eigenvalue weighted by Crippen LogP contribution is 2.40. The number of likely N-dealkylation sites (tertiary alicyclic amines) is 1. The molecule has 0 aromatic heterocycles. The molecule has 0 saturated carbocycles. The van der Waals surface area contributed by atoms with Gasteiger partial charge in [-0.3, -0.25) is 9.69 Å². The number of carbonyl (C=O) groups excluding carboxylic acids is 1. The number of ketones is 1. The van der Waals surface area contributed by atoms with E-state index in [1.54, 1.807) is 18.2 Å². The SMILES string of the molecule is C[C@@H]1CCCN(Cc2c(O)ccc3c2OC(=Cc2ccccc2)C3=O)C1. The van der Waals surface area contributed by atoms with E-state index in [4.69, 9.17) is 4.74 Å². The summed E-state index contributed by atoms with van der Waals surface area (Å²) in [5.74, 6) is 1.53. The molecule has 26 heavy (non-hydrogen) atoms. The molecule has 0 radical (unpaired) electrons. The van der Waals surface area contributed by atoms with Gasteiger partial charge in [-0.05, 0) is 49.1 Å². The lowest BCUT2D eigenvalue weighted by molar-refractivity contribution is 0.101. The fourth-order valence-corrected chi connectivity index (χ4v) is 3.80. The summed E-state index contributed by atoms with van der Waals surface area (Å²) in [7, 11) is 0. The minimum absolute atomic E-state index is 0.128. The van der Waals surface area contributed by atoms with Crippen molar-refractivity contribution in [1.82, 2.24) is 4.90 Å². The van der Waals surface area contributed by atoms with Crippen molar-refractivity contribution in [3.05, 3.63) is 64.9 Å². The standard InChI is InChI=1S/C22H23NO3/c1-15-6-5-11-23(13-15)14-18-19(24)10-9-17-21(25)20(26-22(17)18)12-16-7-3-2-4-8-16/h2-4,7-10,12,15,24H,5-6,11,13-14H2,1H3/t15-/m1/s1. The van der Waals surface area contributed by atoms with Crippen molar-refractivity contribution in [2.45, 2.75) is 26.3 Å². The van der Waals surface area contributed by atoms with Gasteiger partial charge in [0, 0.05) is 13.1 Å². The number of ether oxygens (including phenoxy) is 1. The van der Waals surface area contributed by atoms with Crippen molar-refractivity contribution in [1.29, 1.82) is 0 Å². The Hall–Kier alpha value is -2.59. The van der Waals surface area contributed by atoms with Crippen LogP contribution in [0.3, 0.4) is 0 Å². The Labute approximate surface area is 153 Å². The summed E-state index contributed by atoms with van der Waals surface area (Å²) in [6, 6.07) is 12.9. The van der Waals surface area contributed by atoms with Crippen molar-refractivity contribution in [2.75, 3.05) is 13.1 Å². The van der Waals surface area contributed by atoms with Gasteiger partial charge >= 0.3 is 0 Å². The third kappa shape index (κ3) is 3.25. The van der Waals surface area contributed by atoms with E-state index in [9.17, 15) is 9.90 Å². The fraction of sp³-hybridized carbons (Fsp3) is 0.318. The number of aromatic hydroxyl groups is 1. The van der Waals surface area contributed by atoms with Gasteiger partial charge in [-0.25, -0.2) is 0 Å². The number of phenols is 1. The first-order valence-electron chi connectivity index (χ1n) is 9.18. The van der Waals surface area contributed by atoms with Gasteiger partial charge < -0.3 is 9.84 Å². The lowest BCUT2D eigenvalue weighted by Gasteiger charge is -2.31. The number of phenolic OH excluding ortho intramolecular Hbond substituents is 1. The summed E-state index contributed by atoms with van der Waals surface area (Å²) >= 11 is 0. The third-order valence-electron chi connectivity index (χ3n) is 5.14. The van der Waals surface area contributed by atoms with Crippen molar-refractivity contribution in [3.63, 3.8) is 0 Å². The largest absolute Gasteiger partial charge is 0.507 e. The molecule has 2 aliphatic rings. The Morgan fingerprint density at radius 3 is 2.81 bits per heavy atom. The van der Waals surface area contributed by atoms with E-state index < -0.39 is 0 Å². The first kappa shape index (κ1) is 16.9. The average Bonchev–Trinajstić information content (AvgIpc) is 2.95. The van der Waals surface area contributed by atoms with E-state index in [-0.39, 0.29) is 11.5 Å². The summed E-state index contributed by atoms with van der Waals surface area (Å²) in [6.45, 7) is 4.87. The van der Waals surface area contributed by atoms with Crippen molar-refractivity contribution in [3.8, 4) is 11.5 Å². The Balaban J connectivity index is 1.64. The second kappa shape index (κ2) is 6.96. The highest BCUT2D eigenvalue weighted by molar-refractivity contribution is 6.15. The average molecular weight is 349 g/mol. The molecule has 0 aliphatic carbocycles. The van der Waals surface area contributed by atoms with Gasteiger partial charge in [0.05, 0.1) is 11.1 Å². The minimum Gasteiger partial charge on any atom is -0.507 e. The molecule has 2 aromatic carbocycles. The van der Waals surface area contributed by atoms with E-state index in [2.05, 4.69) is 11.8 Å². The van der Waals surface area contributed by atoms with Crippen LogP contribution in [0.1, 0.15) is 41.3 Å². The van der Waals surface area contributed by atoms with Gasteiger partial charge in [0.1, 0.15) is 11.5 Å². The van der Waals surface area contributed by atoms with Gasteiger partial charge in [0.25, 0.3) is 0 Å². The fourth-order valence-electron chi connectivity index (χ4n) is 3.80. The molecule has 1 atom stereocenters. The van der Waals surface area contributed by atoms with Crippen molar-refractivity contribution < 1.29 is 14.6 Å². The summed E-state index contributed by atoms with van der Waals surface area (Å²) < 4.78 is 5.93. The smallest absolute Gasteiger partial charge is 0.231 e. The highest BCUT2D eigenvalue weighted by Gasteiger charge is 2.32. The van der Waals surface area contributed by atoms with E-state index in [0.717, 1.165) is 25.1 Å². The third-order valence-corrected chi connectivity index (χ3v) is 5.14. The maximum atomic E-state index is 12.7. The molecule has 2 aliphatic heterocycles. The van der Waals surface area contributed by atoms with Crippen LogP contribution in [-0.2, 0) is 6.54 Å². The van der Waals surface area contributed by atoms with Crippen LogP contribution in [0, 0.1) is 5.92 Å². The van der Waals surface area contributed by atoms with Crippen LogP contribution in [0.4, 0.5) is 0 Å². The molecule has 4 nitrogen and oxygen atoms in total. The number of hydrogen-bond donors (Lipinski definition) is 1. The van der Waals surface area contributed by atoms with Crippen LogP contribution in [0.25, 0.3) is 6.08 Å². The quantitative estimate of drug-likeness (QED) is 0.842. The number of allylic oxidation sites excluding steroid dienone is 1. The zero-order chi connectivity index (χ0) is 18.1. The van der Waals surface area contributed by atoms with Crippen LogP contribution in [0.15, 0.2) is 48.2 Å². The maximum absolute atomic E-state index is 12.7. The number of carbonyl (C=O) groups is 1. The molecule has 0 spiro atoms. The van der Waals surface area contributed by atoms with E-state index >= 15 is 0 Å². The summed E-state index contributed by atoms with van der Waals surface area (Å²) in [4.78, 5) is 15.0. The Kier molecular flexibility index (Phi) is 4.51. The molecule has 4 rings (SSSR count). The van der Waals surface area contributed by atoms with Gasteiger partial charge in [0.2, 0.25) is 5.78 Å². The molecular weight excluding hydrogens is 326 g/mol. The number of hydrogen-bond acceptors (Lipinski definition) is 4. The second-order valence-electron chi connectivity index (χ2n) is 7.27. The number of Topliss-reactive ketones (excluding diaryl/α,β-unsaturated/α-hetero) is 1. The van der Waals surface area contributed by atoms with Gasteiger partial charge in [0.15, 0.2) is 5.76 Å². The van der Waals surface area contributed by atoms with Crippen LogP contribution in [0.2, 0.25) is 0 Å². The predicted octanol–water partition coefficient (Wildman–Crippen LogP) is 4.24. The van der Waals surface area contributed by atoms with Gasteiger partial charge in [-0.2, -0.15) is 0 Å². The number of piperidine rings is 1. The number of nitrogens with zero attached hydrogens (tertiary/aromatic N) is 1. The number of fused-ring (bicyclic) bond motifs is 1. The summed E-state index contributed by atoms with van der Waals surface area (Å²) in [5, 5.41) is 10.4. The zero-order valence-electron chi connectivity index (χ0n) is 14.9. The van der Waals surface area contributed by atoms with E-state index in [0.29, 0.717) is 35.1 Å². The molecule has 134 valence electrons. The highest BCUT2D eigenvalue weighted by atomic mass is 16.5. The van der Waals surface area contributed by atoms with Crippen molar-refractivity contribution >= 4 is 11.9 Å². The minimum atomic E-state index is -0.128. The van der Waals surface area contributed by atoms with Crippen molar-refractivity contribution in [2.24, 2.45) is 5.92 Å². The molecule has 0 bridgehead atoms. The first-order valence-corrected chi connectivity index (χ1v) is 9.18. The predicted molar refractivity (Wildman–Crippen MR) is 101 cm³/mol. The van der Waals surface area contributed by atoms with Crippen LogP contribution in [0.5, 0.6) is 11.5 Å². The molecular formula is C22H23NO3. The van der Waals surface area contributed by atoms with E-state index in [1.807, 2.05) is 30.3 Å². The monoisotopic (exact) mass is 349 g/mol. The Morgan fingerprint density at radius 2 is 2.04 bits per heavy atom. The van der Waals surface area contributed by atoms with E-state index in [1.165, 1.54) is 6.42 Å². The molecule has 4 heteroatoms. The second-order valence-corrected chi connectivity index (χ2v) is 7.27. The molecule has 1 fully saturated rings. The molecule has 1 saturated heterocycles.